The van der Waals surface area contributed by atoms with Crippen molar-refractivity contribution in [1.82, 2.24) is 0 Å². The van der Waals surface area contributed by atoms with Crippen LogP contribution < -0.4 is 5.19 Å². The molecule has 0 atom stereocenters. The topological polar surface area (TPSA) is 0 Å². The number of benzene rings is 1. The molecule has 0 aliphatic heterocycles. The molecule has 0 aromatic heterocycles. The predicted octanol–water partition coefficient (Wildman–Crippen LogP) is 6.53. The smallest absolute Gasteiger partial charge is 0.358 e. The van der Waals surface area contributed by atoms with E-state index in [0.717, 1.165) is 12.8 Å². The van der Waals surface area contributed by atoms with Crippen molar-refractivity contribution >= 4 is 14.7 Å². The molecule has 0 amide bonds. The summed E-state index contributed by atoms with van der Waals surface area (Å²) in [5.41, 5.74) is 11.2. The molecular formula is C27H46SiTi. The summed E-state index contributed by atoms with van der Waals surface area (Å²) in [5, 5.41) is 1.66. The van der Waals surface area contributed by atoms with Gasteiger partial charge in [-0.25, -0.2) is 0 Å². The SMILES string of the molecule is CCCCCc1c(C)c(C)c(C)[c-]1C[SiH2]c1cc(CC)cc(CC)c1.[CH3-].[CH3-].[CH3-].[Ti+4]. The molecule has 2 aromatic rings. The fourth-order valence-corrected chi connectivity index (χ4v) is 6.10. The molecule has 162 valence electrons. The Labute approximate surface area is 201 Å². The molecule has 0 nitrogen and oxygen atoms in total. The summed E-state index contributed by atoms with van der Waals surface area (Å²) >= 11 is 0. The molecular weight excluding hydrogens is 400 g/mol. The minimum atomic E-state index is -0.245. The monoisotopic (exact) mass is 446 g/mol. The first-order chi connectivity index (χ1) is 12.0. The van der Waals surface area contributed by atoms with E-state index in [1.54, 1.807) is 33.0 Å². The molecule has 2 heteroatoms. The predicted molar refractivity (Wildman–Crippen MR) is 136 cm³/mol. The fraction of sp³-hybridized carbons (Fsp3) is 0.481. The summed E-state index contributed by atoms with van der Waals surface area (Å²) < 4.78 is 0. The maximum Gasteiger partial charge on any atom is 4.00 e. The van der Waals surface area contributed by atoms with Gasteiger partial charge in [0.2, 0.25) is 0 Å². The summed E-state index contributed by atoms with van der Waals surface area (Å²) in [4.78, 5) is 0. The fourth-order valence-electron chi connectivity index (χ4n) is 4.08. The van der Waals surface area contributed by atoms with Crippen molar-refractivity contribution in [3.63, 3.8) is 0 Å². The van der Waals surface area contributed by atoms with Gasteiger partial charge in [0.15, 0.2) is 0 Å². The summed E-state index contributed by atoms with van der Waals surface area (Å²) in [6, 6.07) is 8.70. The van der Waals surface area contributed by atoms with Crippen LogP contribution in [0.25, 0.3) is 0 Å². The number of hydrogen-bond acceptors (Lipinski definition) is 0. The van der Waals surface area contributed by atoms with Crippen LogP contribution in [0.5, 0.6) is 0 Å². The molecule has 0 N–H and O–H groups in total. The van der Waals surface area contributed by atoms with E-state index in [1.165, 1.54) is 42.9 Å². The Kier molecular flexibility index (Phi) is 18.5. The molecule has 2 rings (SSSR count). The zero-order valence-electron chi connectivity index (χ0n) is 20.9. The van der Waals surface area contributed by atoms with Gasteiger partial charge < -0.3 is 22.3 Å². The van der Waals surface area contributed by atoms with Crippen LogP contribution in [-0.4, -0.2) is 9.52 Å². The Hall–Kier alpha value is -0.499. The number of rotatable bonds is 9. The Bertz CT molecular complexity index is 675. The largest absolute Gasteiger partial charge is 4.00 e. The minimum absolute atomic E-state index is 0. The summed E-state index contributed by atoms with van der Waals surface area (Å²) in [7, 11) is -0.245. The first-order valence-corrected chi connectivity index (χ1v) is 12.1. The Morgan fingerprint density at radius 3 is 1.83 bits per heavy atom. The minimum Gasteiger partial charge on any atom is -0.358 e. The average molecular weight is 447 g/mol. The molecule has 0 fully saturated rings. The zero-order valence-corrected chi connectivity index (χ0v) is 23.9. The van der Waals surface area contributed by atoms with Crippen molar-refractivity contribution in [3.05, 3.63) is 79.4 Å². The van der Waals surface area contributed by atoms with Crippen LogP contribution in [0, 0.1) is 43.1 Å². The average Bonchev–Trinajstić information content (AvgIpc) is 2.83. The van der Waals surface area contributed by atoms with E-state index in [-0.39, 0.29) is 53.5 Å². The van der Waals surface area contributed by atoms with E-state index in [9.17, 15) is 0 Å². The first-order valence-electron chi connectivity index (χ1n) is 10.4. The summed E-state index contributed by atoms with van der Waals surface area (Å²) in [6.07, 6.45) is 7.62. The second kappa shape index (κ2) is 16.2. The van der Waals surface area contributed by atoms with Gasteiger partial charge in [0.1, 0.15) is 0 Å². The van der Waals surface area contributed by atoms with Gasteiger partial charge in [-0.3, -0.25) is 0 Å². The second-order valence-electron chi connectivity index (χ2n) is 7.65. The van der Waals surface area contributed by atoms with Crippen LogP contribution in [0.4, 0.5) is 0 Å². The second-order valence-corrected chi connectivity index (χ2v) is 9.47. The maximum absolute atomic E-state index is 2.49. The maximum atomic E-state index is 2.49. The van der Waals surface area contributed by atoms with Crippen molar-refractivity contribution < 1.29 is 21.7 Å². The Morgan fingerprint density at radius 2 is 1.34 bits per heavy atom. The Balaban J connectivity index is -0.00000169. The van der Waals surface area contributed by atoms with Gasteiger partial charge in [0.05, 0.1) is 0 Å². The molecule has 0 heterocycles. The van der Waals surface area contributed by atoms with Crippen molar-refractivity contribution in [2.24, 2.45) is 0 Å². The molecule has 0 radical (unpaired) electrons. The van der Waals surface area contributed by atoms with E-state index in [2.05, 4.69) is 59.7 Å². The van der Waals surface area contributed by atoms with E-state index >= 15 is 0 Å². The van der Waals surface area contributed by atoms with Crippen molar-refractivity contribution in [2.45, 2.75) is 86.1 Å². The van der Waals surface area contributed by atoms with E-state index in [1.807, 2.05) is 0 Å². The number of hydrogen-bond donors (Lipinski definition) is 0. The van der Waals surface area contributed by atoms with Gasteiger partial charge >= 0.3 is 21.7 Å². The van der Waals surface area contributed by atoms with Gasteiger partial charge in [-0.15, -0.1) is 0 Å². The standard InChI is InChI=1S/C24H37Si.3CH3.Ti/c1-7-10-11-12-23-18(5)17(4)19(6)24(23)16-25-22-14-20(8-2)13-21(9-3)15-22;;;;/h13-15H,7-12,16,25H2,1-6H3;3*1H3;/q4*-1;+4. The normalized spacial score (nSPS) is 10.1. The van der Waals surface area contributed by atoms with E-state index in [4.69, 9.17) is 0 Å². The van der Waals surface area contributed by atoms with Crippen LogP contribution in [0.3, 0.4) is 0 Å². The molecule has 0 bridgehead atoms. The zero-order chi connectivity index (χ0) is 18.4. The third-order valence-electron chi connectivity index (χ3n) is 6.02. The van der Waals surface area contributed by atoms with Gasteiger partial charge in [0.25, 0.3) is 0 Å². The van der Waals surface area contributed by atoms with Gasteiger partial charge in [-0.05, 0) is 24.0 Å². The van der Waals surface area contributed by atoms with Crippen LogP contribution in [0.2, 0.25) is 0 Å². The van der Waals surface area contributed by atoms with E-state index < -0.39 is 0 Å². The quantitative estimate of drug-likeness (QED) is 0.233. The molecule has 0 spiro atoms. The van der Waals surface area contributed by atoms with Crippen molar-refractivity contribution in [2.75, 3.05) is 0 Å². The van der Waals surface area contributed by atoms with Crippen LogP contribution >= 0.6 is 0 Å². The third kappa shape index (κ3) is 8.64. The van der Waals surface area contributed by atoms with Crippen molar-refractivity contribution in [1.29, 1.82) is 0 Å². The van der Waals surface area contributed by atoms with Gasteiger partial charge in [-0.2, -0.15) is 27.8 Å². The number of aryl methyl sites for hydroxylation is 2. The van der Waals surface area contributed by atoms with Crippen LogP contribution in [-0.2, 0) is 47.0 Å². The van der Waals surface area contributed by atoms with Crippen LogP contribution in [0.1, 0.15) is 79.0 Å². The summed E-state index contributed by atoms with van der Waals surface area (Å²) in [6.45, 7) is 13.9. The van der Waals surface area contributed by atoms with Gasteiger partial charge in [0, 0.05) is 9.52 Å². The third-order valence-corrected chi connectivity index (χ3v) is 7.75. The van der Waals surface area contributed by atoms with Gasteiger partial charge in [-0.1, -0.05) is 96.7 Å². The molecule has 2 aromatic carbocycles. The van der Waals surface area contributed by atoms with Crippen LogP contribution in [0.15, 0.2) is 18.2 Å². The molecule has 0 saturated carbocycles. The molecule has 0 aliphatic carbocycles. The van der Waals surface area contributed by atoms with E-state index in [0.29, 0.717) is 0 Å². The molecule has 0 aliphatic rings. The summed E-state index contributed by atoms with van der Waals surface area (Å²) in [5.74, 6) is 0. The molecule has 0 saturated heterocycles. The molecule has 29 heavy (non-hydrogen) atoms. The first kappa shape index (κ1) is 33.1. The van der Waals surface area contributed by atoms with Crippen molar-refractivity contribution in [3.8, 4) is 0 Å². The Morgan fingerprint density at radius 1 is 0.793 bits per heavy atom. The number of unbranched alkanes of at least 4 members (excludes halogenated alkanes) is 2. The molecule has 0 unspecified atom stereocenters.